The topological polar surface area (TPSA) is 106 Å². The van der Waals surface area contributed by atoms with Gasteiger partial charge in [-0.1, -0.05) is 81.9 Å². The summed E-state index contributed by atoms with van der Waals surface area (Å²) < 4.78 is 16.6. The summed E-state index contributed by atoms with van der Waals surface area (Å²) in [6.45, 7) is 17.4. The van der Waals surface area contributed by atoms with Crippen molar-refractivity contribution in [3.63, 3.8) is 0 Å². The van der Waals surface area contributed by atoms with Gasteiger partial charge in [0.15, 0.2) is 0 Å². The van der Waals surface area contributed by atoms with E-state index in [1.807, 2.05) is 95.4 Å². The molecule has 5 atom stereocenters. The Kier molecular flexibility index (Phi) is 11.9. The zero-order valence-corrected chi connectivity index (χ0v) is 29.8. The van der Waals surface area contributed by atoms with E-state index < -0.39 is 28.9 Å². The Balaban J connectivity index is 1.63. The van der Waals surface area contributed by atoms with Crippen molar-refractivity contribution in [2.75, 3.05) is 7.11 Å². The van der Waals surface area contributed by atoms with Gasteiger partial charge in [0.25, 0.3) is 0 Å². The number of rotatable bonds is 10. The normalized spacial score (nSPS) is 32.5. The van der Waals surface area contributed by atoms with Gasteiger partial charge in [-0.25, -0.2) is 4.79 Å². The summed E-state index contributed by atoms with van der Waals surface area (Å²) >= 11 is 0. The maximum atomic E-state index is 12.5. The molecule has 3 aliphatic rings. The van der Waals surface area contributed by atoms with Crippen LogP contribution in [0.3, 0.4) is 0 Å². The maximum absolute atomic E-state index is 12.5. The van der Waals surface area contributed by atoms with Crippen molar-refractivity contribution in [1.29, 1.82) is 0 Å². The van der Waals surface area contributed by atoms with Gasteiger partial charge in [-0.05, 0) is 75.8 Å². The minimum absolute atomic E-state index is 0.275. The molecule has 0 radical (unpaired) electrons. The fraction of sp³-hybridized carbons (Fsp3) is 0.525. The third-order valence-electron chi connectivity index (χ3n) is 9.47. The molecule has 2 N–H and O–H groups in total. The standard InChI is InChI=1S/C40H54O7/c1-28(18-15-19-31(35(43)45-10)22-23-40-37(6,7)24-32(42)25-39(40,9)47-40)16-13-11-12-14-17-29(2)20-21-34-36(4,5)26-33(46-30(3)41)27-38(34,8)44/h11-20,22-23,32-33,42,44H,24-27H2,1-10H3/b13-11+,14-12+,18-15+,23-22+,28-16+,29-17+,31-19-/t21?,32-,33-,38+,39+,40-/m0/s1. The highest BCUT2D eigenvalue weighted by atomic mass is 16.6. The number of ether oxygens (including phenoxy) is 3. The zero-order chi connectivity index (χ0) is 35.3. The number of esters is 2. The average molecular weight is 647 g/mol. The number of aliphatic hydroxyl groups excluding tert-OH is 1. The summed E-state index contributed by atoms with van der Waals surface area (Å²) in [6.07, 6.45) is 24.2. The van der Waals surface area contributed by atoms with Gasteiger partial charge in [0, 0.05) is 30.8 Å². The first-order valence-electron chi connectivity index (χ1n) is 16.4. The molecule has 3 fully saturated rings. The van der Waals surface area contributed by atoms with Gasteiger partial charge < -0.3 is 24.4 Å². The predicted octanol–water partition coefficient (Wildman–Crippen LogP) is 7.50. The van der Waals surface area contributed by atoms with E-state index in [4.69, 9.17) is 14.2 Å². The number of hydrogen-bond donors (Lipinski definition) is 2. The van der Waals surface area contributed by atoms with Crippen LogP contribution < -0.4 is 0 Å². The van der Waals surface area contributed by atoms with Crippen LogP contribution in [0.4, 0.5) is 0 Å². The summed E-state index contributed by atoms with van der Waals surface area (Å²) in [5.74, 6) is -0.763. The smallest absolute Gasteiger partial charge is 0.337 e. The Morgan fingerprint density at radius 3 is 2.06 bits per heavy atom. The van der Waals surface area contributed by atoms with Crippen LogP contribution in [0.1, 0.15) is 88.0 Å². The minimum Gasteiger partial charge on any atom is -0.465 e. The summed E-state index contributed by atoms with van der Waals surface area (Å²) in [5.41, 5.74) is 3.79. The van der Waals surface area contributed by atoms with Crippen molar-refractivity contribution in [3.05, 3.63) is 101 Å². The molecule has 1 saturated heterocycles. The average Bonchev–Trinajstić information content (AvgIpc) is 3.55. The van der Waals surface area contributed by atoms with Gasteiger partial charge in [0.05, 0.1) is 24.4 Å². The van der Waals surface area contributed by atoms with Crippen molar-refractivity contribution in [2.45, 2.75) is 117 Å². The van der Waals surface area contributed by atoms with Crippen LogP contribution in [-0.2, 0) is 23.8 Å². The molecule has 2 aliphatic carbocycles. The first-order valence-corrected chi connectivity index (χ1v) is 16.4. The molecule has 0 unspecified atom stereocenters. The second-order valence-corrected chi connectivity index (χ2v) is 14.9. The lowest BCUT2D eigenvalue weighted by atomic mass is 9.63. The third-order valence-corrected chi connectivity index (χ3v) is 9.47. The van der Waals surface area contributed by atoms with Gasteiger partial charge in [-0.15, -0.1) is 5.73 Å². The molecule has 1 heterocycles. The second-order valence-electron chi connectivity index (χ2n) is 14.9. The Bertz CT molecular complexity index is 1470. The molecule has 0 aromatic carbocycles. The van der Waals surface area contributed by atoms with Crippen molar-refractivity contribution >= 4 is 11.9 Å². The van der Waals surface area contributed by atoms with E-state index in [1.54, 1.807) is 19.1 Å². The van der Waals surface area contributed by atoms with Gasteiger partial charge in [0.1, 0.15) is 17.3 Å². The fourth-order valence-corrected chi connectivity index (χ4v) is 7.41. The number of hydrogen-bond acceptors (Lipinski definition) is 7. The van der Waals surface area contributed by atoms with Crippen LogP contribution in [0.15, 0.2) is 101 Å². The highest BCUT2D eigenvalue weighted by Gasteiger charge is 2.74. The highest BCUT2D eigenvalue weighted by molar-refractivity contribution is 5.92. The van der Waals surface area contributed by atoms with Crippen LogP contribution in [0.25, 0.3) is 0 Å². The summed E-state index contributed by atoms with van der Waals surface area (Å²) in [5, 5.41) is 21.4. The summed E-state index contributed by atoms with van der Waals surface area (Å²) in [7, 11) is 1.36. The van der Waals surface area contributed by atoms with E-state index in [9.17, 15) is 19.8 Å². The lowest BCUT2D eigenvalue weighted by molar-refractivity contribution is -0.152. The van der Waals surface area contributed by atoms with Crippen LogP contribution in [0, 0.1) is 10.8 Å². The van der Waals surface area contributed by atoms with Gasteiger partial charge in [-0.3, -0.25) is 4.79 Å². The van der Waals surface area contributed by atoms with Gasteiger partial charge in [0.2, 0.25) is 0 Å². The van der Waals surface area contributed by atoms with E-state index in [1.165, 1.54) is 14.0 Å². The Morgan fingerprint density at radius 1 is 0.851 bits per heavy atom. The van der Waals surface area contributed by atoms with Crippen molar-refractivity contribution in [3.8, 4) is 0 Å². The first-order chi connectivity index (χ1) is 21.8. The molecule has 0 amide bonds. The number of epoxide rings is 1. The number of carbonyl (C=O) groups excluding carboxylic acids is 2. The highest BCUT2D eigenvalue weighted by Crippen LogP contribution is 2.66. The van der Waals surface area contributed by atoms with E-state index in [-0.39, 0.29) is 22.9 Å². The molecule has 0 aromatic rings. The Labute approximate surface area is 281 Å². The molecule has 256 valence electrons. The first kappa shape index (κ1) is 38.0. The largest absolute Gasteiger partial charge is 0.465 e. The fourth-order valence-electron chi connectivity index (χ4n) is 7.41. The van der Waals surface area contributed by atoms with E-state index in [0.717, 1.165) is 16.7 Å². The Morgan fingerprint density at radius 2 is 1.49 bits per heavy atom. The van der Waals surface area contributed by atoms with Crippen molar-refractivity contribution < 1.29 is 34.0 Å². The molecule has 0 bridgehead atoms. The van der Waals surface area contributed by atoms with Crippen molar-refractivity contribution in [2.24, 2.45) is 10.8 Å². The predicted molar refractivity (Wildman–Crippen MR) is 186 cm³/mol. The zero-order valence-electron chi connectivity index (χ0n) is 29.8. The quantitative estimate of drug-likeness (QED) is 0.0833. The van der Waals surface area contributed by atoms with Crippen LogP contribution in [0.2, 0.25) is 0 Å². The maximum Gasteiger partial charge on any atom is 0.337 e. The number of allylic oxidation sites excluding steroid dienone is 11. The van der Waals surface area contributed by atoms with Crippen LogP contribution in [0.5, 0.6) is 0 Å². The lowest BCUT2D eigenvalue weighted by Gasteiger charge is -2.44. The summed E-state index contributed by atoms with van der Waals surface area (Å²) in [6, 6.07) is 0. The van der Waals surface area contributed by atoms with E-state index in [0.29, 0.717) is 31.3 Å². The number of aliphatic hydroxyl groups is 2. The van der Waals surface area contributed by atoms with Gasteiger partial charge >= 0.3 is 11.9 Å². The molecule has 7 nitrogen and oxygen atoms in total. The molecular formula is C40H54O7. The minimum atomic E-state index is -1.12. The molecule has 47 heavy (non-hydrogen) atoms. The molecule has 7 heteroatoms. The van der Waals surface area contributed by atoms with Gasteiger partial charge in [-0.2, -0.15) is 0 Å². The van der Waals surface area contributed by atoms with Crippen LogP contribution in [-0.4, -0.2) is 58.3 Å². The third kappa shape index (κ3) is 9.33. The summed E-state index contributed by atoms with van der Waals surface area (Å²) in [4.78, 5) is 23.9. The molecule has 2 saturated carbocycles. The molecule has 1 aliphatic heterocycles. The molecular weight excluding hydrogens is 592 g/mol. The number of methoxy groups -OCH3 is 1. The monoisotopic (exact) mass is 646 g/mol. The SMILES string of the molecule is COC(=O)C(=C\C=C\C(C)=C\C=C\C=C\C=C(/C)C=C=C1C(C)(C)C[C@H](OC(C)=O)C[C@@]1(C)O)/C=C/[C@@]12O[C@]1(C)C[C@@H](O)CC2(C)C. The molecule has 3 rings (SSSR count). The van der Waals surface area contributed by atoms with E-state index in [2.05, 4.69) is 19.6 Å². The lowest BCUT2D eigenvalue weighted by Crippen LogP contribution is -2.46. The Hall–Kier alpha value is -3.48. The molecule has 0 aromatic heterocycles. The van der Waals surface area contributed by atoms with Crippen LogP contribution >= 0.6 is 0 Å². The van der Waals surface area contributed by atoms with Crippen molar-refractivity contribution in [1.82, 2.24) is 0 Å². The number of fused-ring (bicyclic) bond motifs is 1. The second kappa shape index (κ2) is 14.7. The number of carbonyl (C=O) groups is 2. The van der Waals surface area contributed by atoms with E-state index >= 15 is 0 Å². The molecule has 0 spiro atoms.